The molecule has 0 radical (unpaired) electrons. The van der Waals surface area contributed by atoms with E-state index in [-0.39, 0.29) is 0 Å². The first-order valence-electron chi connectivity index (χ1n) is 4.48. The second-order valence-corrected chi connectivity index (χ2v) is 4.02. The van der Waals surface area contributed by atoms with Crippen molar-refractivity contribution in [3.63, 3.8) is 0 Å². The van der Waals surface area contributed by atoms with Crippen LogP contribution in [0.1, 0.15) is 25.7 Å². The standard InChI is InChI=1S/C9H13NOS/c11-8-5-9(12)10-7-4-2-1-3-6(7)8/h5-7,11H,1-4H2,(H,10,12)/t6-,7-/m1/s1. The molecule has 2 rings (SSSR count). The van der Waals surface area contributed by atoms with Crippen LogP contribution < -0.4 is 5.32 Å². The van der Waals surface area contributed by atoms with E-state index < -0.39 is 0 Å². The monoisotopic (exact) mass is 183 g/mol. The number of hydrogen-bond acceptors (Lipinski definition) is 2. The summed E-state index contributed by atoms with van der Waals surface area (Å²) in [4.78, 5) is 0.690. The van der Waals surface area contributed by atoms with Gasteiger partial charge in [0.1, 0.15) is 10.7 Å². The second kappa shape index (κ2) is 3.05. The Morgan fingerprint density at radius 3 is 3.00 bits per heavy atom. The van der Waals surface area contributed by atoms with E-state index in [1.54, 1.807) is 6.08 Å². The molecule has 2 N–H and O–H groups in total. The zero-order valence-corrected chi connectivity index (χ0v) is 7.73. The molecule has 1 heterocycles. The van der Waals surface area contributed by atoms with Crippen LogP contribution in [0, 0.1) is 5.92 Å². The van der Waals surface area contributed by atoms with E-state index in [0.717, 1.165) is 12.8 Å². The van der Waals surface area contributed by atoms with Gasteiger partial charge in [0.15, 0.2) is 0 Å². The second-order valence-electron chi connectivity index (χ2n) is 3.58. The van der Waals surface area contributed by atoms with Crippen molar-refractivity contribution in [2.24, 2.45) is 5.92 Å². The molecule has 1 fully saturated rings. The first-order chi connectivity index (χ1) is 5.77. The minimum absolute atomic E-state index is 0.324. The van der Waals surface area contributed by atoms with Gasteiger partial charge in [0.2, 0.25) is 0 Å². The third kappa shape index (κ3) is 1.33. The van der Waals surface area contributed by atoms with Crippen LogP contribution >= 0.6 is 12.2 Å². The van der Waals surface area contributed by atoms with E-state index in [1.807, 2.05) is 0 Å². The summed E-state index contributed by atoms with van der Waals surface area (Å²) >= 11 is 5.00. The number of nitrogens with one attached hydrogen (secondary N) is 1. The number of hydrogen-bond donors (Lipinski definition) is 2. The van der Waals surface area contributed by atoms with E-state index in [9.17, 15) is 5.11 Å². The van der Waals surface area contributed by atoms with Gasteiger partial charge in [0.05, 0.1) is 0 Å². The van der Waals surface area contributed by atoms with Crippen LogP contribution in [0.15, 0.2) is 11.8 Å². The van der Waals surface area contributed by atoms with Crippen molar-refractivity contribution in [2.75, 3.05) is 0 Å². The zero-order chi connectivity index (χ0) is 8.55. The summed E-state index contributed by atoms with van der Waals surface area (Å²) < 4.78 is 0. The number of rotatable bonds is 0. The van der Waals surface area contributed by atoms with E-state index in [0.29, 0.717) is 22.7 Å². The molecule has 0 bridgehead atoms. The lowest BCUT2D eigenvalue weighted by Gasteiger charge is -2.35. The van der Waals surface area contributed by atoms with E-state index in [2.05, 4.69) is 5.32 Å². The summed E-state index contributed by atoms with van der Waals surface area (Å²) in [6.07, 6.45) is 6.41. The van der Waals surface area contributed by atoms with Gasteiger partial charge in [-0.3, -0.25) is 0 Å². The van der Waals surface area contributed by atoms with Gasteiger partial charge in [0, 0.05) is 18.0 Å². The number of thiocarbonyl (C=S) groups is 1. The molecule has 0 saturated heterocycles. The Morgan fingerprint density at radius 1 is 1.42 bits per heavy atom. The lowest BCUT2D eigenvalue weighted by atomic mass is 9.81. The van der Waals surface area contributed by atoms with Crippen LogP contribution in [-0.4, -0.2) is 16.1 Å². The lowest BCUT2D eigenvalue weighted by Crippen LogP contribution is -2.45. The summed E-state index contributed by atoms with van der Waals surface area (Å²) in [5, 5.41) is 12.9. The van der Waals surface area contributed by atoms with Gasteiger partial charge in [0.25, 0.3) is 0 Å². The predicted octanol–water partition coefficient (Wildman–Crippen LogP) is 1.92. The molecule has 2 aliphatic rings. The van der Waals surface area contributed by atoms with Crippen molar-refractivity contribution in [1.82, 2.24) is 5.32 Å². The SMILES string of the molecule is OC1=CC(=S)N[C@@H]2CCCC[C@@H]12. The Balaban J connectivity index is 2.19. The van der Waals surface area contributed by atoms with Gasteiger partial charge < -0.3 is 10.4 Å². The maximum Gasteiger partial charge on any atom is 0.102 e. The maximum atomic E-state index is 9.61. The highest BCUT2D eigenvalue weighted by Crippen LogP contribution is 2.31. The fraction of sp³-hybridized carbons (Fsp3) is 0.667. The van der Waals surface area contributed by atoms with Crippen molar-refractivity contribution < 1.29 is 5.11 Å². The summed E-state index contributed by atoms with van der Waals surface area (Å²) in [6.45, 7) is 0. The van der Waals surface area contributed by atoms with Crippen LogP contribution in [0.3, 0.4) is 0 Å². The normalized spacial score (nSPS) is 35.0. The molecule has 0 aromatic rings. The Labute approximate surface area is 77.7 Å². The van der Waals surface area contributed by atoms with Crippen molar-refractivity contribution >= 4 is 17.2 Å². The first kappa shape index (κ1) is 8.05. The van der Waals surface area contributed by atoms with Crippen LogP contribution in [0.25, 0.3) is 0 Å². The summed E-state index contributed by atoms with van der Waals surface area (Å²) in [7, 11) is 0. The first-order valence-corrected chi connectivity index (χ1v) is 4.89. The Kier molecular flexibility index (Phi) is 2.05. The summed E-state index contributed by atoms with van der Waals surface area (Å²) in [6, 6.07) is 0.399. The molecule has 1 aliphatic heterocycles. The van der Waals surface area contributed by atoms with Crippen molar-refractivity contribution in [2.45, 2.75) is 31.7 Å². The van der Waals surface area contributed by atoms with Crippen molar-refractivity contribution in [1.29, 1.82) is 0 Å². The molecule has 1 aliphatic carbocycles. The van der Waals surface area contributed by atoms with E-state index in [4.69, 9.17) is 12.2 Å². The molecule has 0 unspecified atom stereocenters. The maximum absolute atomic E-state index is 9.61. The van der Waals surface area contributed by atoms with Gasteiger partial charge in [-0.25, -0.2) is 0 Å². The average molecular weight is 183 g/mol. The molecule has 2 atom stereocenters. The minimum Gasteiger partial charge on any atom is -0.512 e. The zero-order valence-electron chi connectivity index (χ0n) is 6.92. The highest BCUT2D eigenvalue weighted by molar-refractivity contribution is 7.80. The summed E-state index contributed by atoms with van der Waals surface area (Å²) in [5.41, 5.74) is 0. The van der Waals surface area contributed by atoms with Crippen LogP contribution in [0.5, 0.6) is 0 Å². The largest absolute Gasteiger partial charge is 0.512 e. The van der Waals surface area contributed by atoms with E-state index in [1.165, 1.54) is 12.8 Å². The average Bonchev–Trinajstić information content (AvgIpc) is 2.04. The molecule has 0 aromatic carbocycles. The van der Waals surface area contributed by atoms with Crippen LogP contribution in [0.4, 0.5) is 0 Å². The fourth-order valence-electron chi connectivity index (χ4n) is 2.12. The van der Waals surface area contributed by atoms with Crippen LogP contribution in [-0.2, 0) is 0 Å². The fourth-order valence-corrected chi connectivity index (χ4v) is 2.40. The van der Waals surface area contributed by atoms with E-state index >= 15 is 0 Å². The third-order valence-electron chi connectivity index (χ3n) is 2.75. The Morgan fingerprint density at radius 2 is 2.17 bits per heavy atom. The summed E-state index contributed by atoms with van der Waals surface area (Å²) in [5.74, 6) is 0.814. The Hall–Kier alpha value is -0.570. The van der Waals surface area contributed by atoms with Crippen LogP contribution in [0.2, 0.25) is 0 Å². The minimum atomic E-state index is 0.324. The van der Waals surface area contributed by atoms with Gasteiger partial charge in [-0.1, -0.05) is 25.1 Å². The highest BCUT2D eigenvalue weighted by atomic mass is 32.1. The lowest BCUT2D eigenvalue weighted by molar-refractivity contribution is 0.231. The molecule has 0 spiro atoms. The topological polar surface area (TPSA) is 32.3 Å². The van der Waals surface area contributed by atoms with Crippen molar-refractivity contribution in [3.8, 4) is 0 Å². The molecule has 0 amide bonds. The van der Waals surface area contributed by atoms with Gasteiger partial charge in [-0.05, 0) is 12.8 Å². The molecule has 3 heteroatoms. The molecular formula is C9H13NOS. The van der Waals surface area contributed by atoms with Gasteiger partial charge in [-0.15, -0.1) is 0 Å². The smallest absolute Gasteiger partial charge is 0.102 e. The molecule has 0 aromatic heterocycles. The molecule has 1 saturated carbocycles. The molecular weight excluding hydrogens is 170 g/mol. The van der Waals surface area contributed by atoms with Gasteiger partial charge in [-0.2, -0.15) is 0 Å². The third-order valence-corrected chi connectivity index (χ3v) is 2.99. The van der Waals surface area contributed by atoms with Crippen molar-refractivity contribution in [3.05, 3.63) is 11.8 Å². The number of fused-ring (bicyclic) bond motifs is 1. The Bertz CT molecular complexity index is 237. The predicted molar refractivity (Wildman–Crippen MR) is 52.2 cm³/mol. The molecule has 66 valence electrons. The van der Waals surface area contributed by atoms with Gasteiger partial charge >= 0.3 is 0 Å². The molecule has 2 nitrogen and oxygen atoms in total. The number of aliphatic hydroxyl groups is 1. The quantitative estimate of drug-likeness (QED) is 0.563. The molecule has 12 heavy (non-hydrogen) atoms. The number of aliphatic hydroxyl groups excluding tert-OH is 1. The highest BCUT2D eigenvalue weighted by Gasteiger charge is 2.31.